The van der Waals surface area contributed by atoms with Crippen LogP contribution < -0.4 is 10.0 Å². The maximum absolute atomic E-state index is 12.9. The van der Waals surface area contributed by atoms with Crippen LogP contribution in [0.25, 0.3) is 0 Å². The van der Waals surface area contributed by atoms with Crippen molar-refractivity contribution in [1.82, 2.24) is 0 Å². The van der Waals surface area contributed by atoms with E-state index in [-0.39, 0.29) is 20.6 Å². The third-order valence-corrected chi connectivity index (χ3v) is 6.06. The highest BCUT2D eigenvalue weighted by atomic mass is 79.9. The fourth-order valence-corrected chi connectivity index (χ4v) is 4.32. The van der Waals surface area contributed by atoms with Gasteiger partial charge in [-0.25, -0.2) is 8.42 Å². The van der Waals surface area contributed by atoms with E-state index in [1.807, 2.05) is 0 Å². The summed E-state index contributed by atoms with van der Waals surface area (Å²) in [7, 11) is -4.05. The van der Waals surface area contributed by atoms with Gasteiger partial charge >= 0.3 is 0 Å². The second kappa shape index (κ2) is 7.09. The molecule has 2 N–H and O–H groups in total. The highest BCUT2D eigenvalue weighted by molar-refractivity contribution is 9.10. The Morgan fingerprint density at radius 3 is 2.35 bits per heavy atom. The van der Waals surface area contributed by atoms with Crippen molar-refractivity contribution in [2.45, 2.75) is 4.90 Å². The molecule has 2 aromatic rings. The molecule has 1 amide bonds. The number of primary amides is 1. The van der Waals surface area contributed by atoms with Crippen LogP contribution in [0.1, 0.15) is 0 Å². The van der Waals surface area contributed by atoms with E-state index in [0.29, 0.717) is 4.47 Å². The van der Waals surface area contributed by atoms with E-state index < -0.39 is 22.5 Å². The number of sulfonamides is 1. The Kier molecular flexibility index (Phi) is 5.57. The molecule has 0 spiro atoms. The summed E-state index contributed by atoms with van der Waals surface area (Å²) in [5.74, 6) is -0.788. The van der Waals surface area contributed by atoms with Gasteiger partial charge in [0.15, 0.2) is 0 Å². The van der Waals surface area contributed by atoms with Crippen LogP contribution in [0.2, 0.25) is 10.0 Å². The molecule has 0 saturated heterocycles. The van der Waals surface area contributed by atoms with Gasteiger partial charge in [0.1, 0.15) is 6.54 Å². The van der Waals surface area contributed by atoms with E-state index in [9.17, 15) is 13.2 Å². The molecule has 122 valence electrons. The number of carbonyl (C=O) groups excluding carboxylic acids is 1. The number of hydrogen-bond donors (Lipinski definition) is 1. The van der Waals surface area contributed by atoms with Crippen molar-refractivity contribution in [3.63, 3.8) is 0 Å². The summed E-state index contributed by atoms with van der Waals surface area (Å²) in [5, 5.41) is 0.326. The van der Waals surface area contributed by atoms with Crippen LogP contribution in [-0.2, 0) is 14.8 Å². The van der Waals surface area contributed by atoms with E-state index in [0.717, 1.165) is 4.31 Å². The van der Waals surface area contributed by atoms with Crippen LogP contribution in [-0.4, -0.2) is 20.9 Å². The van der Waals surface area contributed by atoms with Gasteiger partial charge in [-0.3, -0.25) is 9.10 Å². The quantitative estimate of drug-likeness (QED) is 0.777. The van der Waals surface area contributed by atoms with Gasteiger partial charge in [-0.15, -0.1) is 0 Å². The fourth-order valence-electron chi connectivity index (χ4n) is 1.86. The lowest BCUT2D eigenvalue weighted by Crippen LogP contribution is -2.38. The molecule has 0 bridgehead atoms. The molecular formula is C14H11BrCl2N2O3S. The minimum Gasteiger partial charge on any atom is -0.368 e. The van der Waals surface area contributed by atoms with Crippen molar-refractivity contribution in [2.24, 2.45) is 5.73 Å². The monoisotopic (exact) mass is 436 g/mol. The Morgan fingerprint density at radius 2 is 1.78 bits per heavy atom. The normalized spacial score (nSPS) is 11.3. The van der Waals surface area contributed by atoms with Gasteiger partial charge in [-0.05, 0) is 46.3 Å². The first kappa shape index (κ1) is 18.1. The maximum atomic E-state index is 12.9. The summed E-state index contributed by atoms with van der Waals surface area (Å²) in [6, 6.07) is 10.5. The third-order valence-electron chi connectivity index (χ3n) is 2.90. The molecule has 0 aliphatic rings. The van der Waals surface area contributed by atoms with E-state index in [1.165, 1.54) is 18.2 Å². The fraction of sp³-hybridized carbons (Fsp3) is 0.0714. The molecule has 0 heterocycles. The van der Waals surface area contributed by atoms with Crippen molar-refractivity contribution in [3.05, 3.63) is 57.0 Å². The number of amides is 1. The minimum absolute atomic E-state index is 0.0936. The average molecular weight is 438 g/mol. The van der Waals surface area contributed by atoms with Crippen molar-refractivity contribution in [2.75, 3.05) is 10.8 Å². The molecule has 23 heavy (non-hydrogen) atoms. The number of nitrogens with zero attached hydrogens (tertiary/aromatic N) is 1. The van der Waals surface area contributed by atoms with Crippen LogP contribution in [0, 0.1) is 0 Å². The van der Waals surface area contributed by atoms with Gasteiger partial charge in [0.2, 0.25) is 5.91 Å². The molecule has 0 aliphatic heterocycles. The number of carbonyl (C=O) groups is 1. The first-order valence-electron chi connectivity index (χ1n) is 6.24. The van der Waals surface area contributed by atoms with Crippen molar-refractivity contribution in [1.29, 1.82) is 0 Å². The zero-order valence-corrected chi connectivity index (χ0v) is 15.5. The van der Waals surface area contributed by atoms with E-state index in [4.69, 9.17) is 28.9 Å². The van der Waals surface area contributed by atoms with Crippen LogP contribution in [0.4, 0.5) is 5.69 Å². The number of rotatable bonds is 5. The lowest BCUT2D eigenvalue weighted by Gasteiger charge is -2.24. The molecule has 0 fully saturated rings. The Labute approximate surface area is 152 Å². The summed E-state index contributed by atoms with van der Waals surface area (Å²) in [5.41, 5.74) is 5.49. The molecule has 0 atom stereocenters. The van der Waals surface area contributed by atoms with Crippen molar-refractivity contribution < 1.29 is 13.2 Å². The van der Waals surface area contributed by atoms with Crippen molar-refractivity contribution >= 4 is 60.7 Å². The molecule has 0 saturated carbocycles. The van der Waals surface area contributed by atoms with Gasteiger partial charge in [0.25, 0.3) is 10.0 Å². The van der Waals surface area contributed by atoms with Gasteiger partial charge in [0, 0.05) is 4.47 Å². The summed E-state index contributed by atoms with van der Waals surface area (Å²) >= 11 is 15.0. The number of hydrogen-bond acceptors (Lipinski definition) is 3. The van der Waals surface area contributed by atoms with E-state index >= 15 is 0 Å². The molecule has 0 radical (unpaired) electrons. The molecular weight excluding hydrogens is 427 g/mol. The lowest BCUT2D eigenvalue weighted by atomic mass is 10.3. The SMILES string of the molecule is NC(=O)CN(c1ccccc1Br)S(=O)(=O)c1ccc(Cl)c(Cl)c1. The van der Waals surface area contributed by atoms with Gasteiger partial charge in [-0.1, -0.05) is 35.3 Å². The molecule has 2 aromatic carbocycles. The summed E-state index contributed by atoms with van der Waals surface area (Å²) in [6.07, 6.45) is 0. The second-order valence-corrected chi connectivity index (χ2v) is 8.04. The van der Waals surface area contributed by atoms with E-state index in [1.54, 1.807) is 24.3 Å². The molecule has 0 unspecified atom stereocenters. The Balaban J connectivity index is 2.60. The van der Waals surface area contributed by atoms with Gasteiger partial charge in [0.05, 0.1) is 20.6 Å². The van der Waals surface area contributed by atoms with Crippen molar-refractivity contribution in [3.8, 4) is 0 Å². The molecule has 2 rings (SSSR count). The lowest BCUT2D eigenvalue weighted by molar-refractivity contribution is -0.116. The molecule has 0 aliphatic carbocycles. The number of anilines is 1. The zero-order valence-electron chi connectivity index (χ0n) is 11.5. The number of halogens is 3. The Morgan fingerprint density at radius 1 is 1.13 bits per heavy atom. The van der Waals surface area contributed by atoms with E-state index in [2.05, 4.69) is 15.9 Å². The number of nitrogens with two attached hydrogens (primary N) is 1. The highest BCUT2D eigenvalue weighted by Gasteiger charge is 2.28. The highest BCUT2D eigenvalue weighted by Crippen LogP contribution is 2.32. The van der Waals surface area contributed by atoms with Crippen LogP contribution in [0.15, 0.2) is 51.8 Å². The minimum atomic E-state index is -4.05. The van der Waals surface area contributed by atoms with Crippen LogP contribution in [0.5, 0.6) is 0 Å². The topological polar surface area (TPSA) is 80.5 Å². The molecule has 9 heteroatoms. The second-order valence-electron chi connectivity index (χ2n) is 4.51. The average Bonchev–Trinajstić information content (AvgIpc) is 2.48. The summed E-state index contributed by atoms with van der Waals surface area (Å²) < 4.78 is 27.2. The maximum Gasteiger partial charge on any atom is 0.264 e. The van der Waals surface area contributed by atoms with Gasteiger partial charge < -0.3 is 5.73 Å². The predicted octanol–water partition coefficient (Wildman–Crippen LogP) is 3.44. The Bertz CT molecular complexity index is 859. The smallest absolute Gasteiger partial charge is 0.264 e. The first-order valence-corrected chi connectivity index (χ1v) is 9.23. The zero-order chi connectivity index (χ0) is 17.2. The number of para-hydroxylation sites is 1. The number of benzene rings is 2. The first-order chi connectivity index (χ1) is 10.7. The van der Waals surface area contributed by atoms with Crippen LogP contribution in [0.3, 0.4) is 0 Å². The predicted molar refractivity (Wildman–Crippen MR) is 94.3 cm³/mol. The molecule has 5 nitrogen and oxygen atoms in total. The standard InChI is InChI=1S/C14H11BrCl2N2O3S/c15-10-3-1-2-4-13(10)19(8-14(18)20)23(21,22)9-5-6-11(16)12(17)7-9/h1-7H,8H2,(H2,18,20). The molecule has 0 aromatic heterocycles. The summed E-state index contributed by atoms with van der Waals surface area (Å²) in [6.45, 7) is -0.509. The summed E-state index contributed by atoms with van der Waals surface area (Å²) in [4.78, 5) is 11.3. The largest absolute Gasteiger partial charge is 0.368 e. The third kappa shape index (κ3) is 3.98. The van der Waals surface area contributed by atoms with Gasteiger partial charge in [-0.2, -0.15) is 0 Å². The Hall–Kier alpha value is -1.28. The van der Waals surface area contributed by atoms with Crippen LogP contribution >= 0.6 is 39.1 Å².